The van der Waals surface area contributed by atoms with Gasteiger partial charge in [0, 0.05) is 52.5 Å². The van der Waals surface area contributed by atoms with Crippen molar-refractivity contribution in [2.45, 2.75) is 19.3 Å². The van der Waals surface area contributed by atoms with Crippen LogP contribution in [0.3, 0.4) is 0 Å². The third-order valence-electron chi connectivity index (χ3n) is 4.10. The highest BCUT2D eigenvalue weighted by molar-refractivity contribution is 4.73. The van der Waals surface area contributed by atoms with Gasteiger partial charge in [-0.3, -0.25) is 4.90 Å². The highest BCUT2D eigenvalue weighted by atomic mass is 16.5. The molecule has 2 heterocycles. The summed E-state index contributed by atoms with van der Waals surface area (Å²) in [5.41, 5.74) is 5.58. The van der Waals surface area contributed by atoms with E-state index in [-0.39, 0.29) is 0 Å². The molecule has 2 aliphatic heterocycles. The molecule has 2 rings (SSSR count). The van der Waals surface area contributed by atoms with Gasteiger partial charge in [-0.15, -0.1) is 0 Å². The molecule has 0 aromatic rings. The van der Waals surface area contributed by atoms with Gasteiger partial charge in [0.25, 0.3) is 0 Å². The SMILES string of the molecule is NCCN1CCN(CCC2CCOCC2)CC1. The predicted octanol–water partition coefficient (Wildman–Crippen LogP) is 0.379. The minimum Gasteiger partial charge on any atom is -0.381 e. The predicted molar refractivity (Wildman–Crippen MR) is 70.1 cm³/mol. The summed E-state index contributed by atoms with van der Waals surface area (Å²) in [7, 11) is 0. The fourth-order valence-corrected chi connectivity index (χ4v) is 2.82. The molecule has 0 amide bonds. The van der Waals surface area contributed by atoms with Gasteiger partial charge in [0.05, 0.1) is 0 Å². The zero-order valence-electron chi connectivity index (χ0n) is 10.9. The Balaban J connectivity index is 1.57. The molecule has 2 saturated heterocycles. The minimum absolute atomic E-state index is 0.794. The summed E-state index contributed by atoms with van der Waals surface area (Å²) in [6.45, 7) is 9.95. The maximum absolute atomic E-state index is 5.58. The quantitative estimate of drug-likeness (QED) is 0.755. The summed E-state index contributed by atoms with van der Waals surface area (Å²) in [6.07, 6.45) is 3.90. The summed E-state index contributed by atoms with van der Waals surface area (Å²) in [4.78, 5) is 5.09. The highest BCUT2D eigenvalue weighted by Gasteiger charge is 2.18. The van der Waals surface area contributed by atoms with Crippen LogP contribution in [0.2, 0.25) is 0 Å². The number of piperazine rings is 1. The van der Waals surface area contributed by atoms with Crippen molar-refractivity contribution in [3.63, 3.8) is 0 Å². The zero-order chi connectivity index (χ0) is 11.9. The van der Waals surface area contributed by atoms with Crippen LogP contribution in [0.4, 0.5) is 0 Å². The molecule has 0 saturated carbocycles. The molecule has 4 nitrogen and oxygen atoms in total. The van der Waals surface area contributed by atoms with E-state index in [2.05, 4.69) is 9.80 Å². The lowest BCUT2D eigenvalue weighted by atomic mass is 9.96. The number of hydrogen-bond donors (Lipinski definition) is 1. The maximum atomic E-state index is 5.58. The van der Waals surface area contributed by atoms with Gasteiger partial charge in [-0.2, -0.15) is 0 Å². The lowest BCUT2D eigenvalue weighted by molar-refractivity contribution is 0.0564. The molecule has 17 heavy (non-hydrogen) atoms. The van der Waals surface area contributed by atoms with Crippen molar-refractivity contribution in [3.05, 3.63) is 0 Å². The molecule has 4 heteroatoms. The molecule has 0 unspecified atom stereocenters. The summed E-state index contributed by atoms with van der Waals surface area (Å²) in [5.74, 6) is 0.908. The van der Waals surface area contributed by atoms with E-state index in [4.69, 9.17) is 10.5 Å². The first-order valence-electron chi connectivity index (χ1n) is 7.11. The lowest BCUT2D eigenvalue weighted by Crippen LogP contribution is -2.48. The van der Waals surface area contributed by atoms with Crippen LogP contribution in [0.1, 0.15) is 19.3 Å². The van der Waals surface area contributed by atoms with Gasteiger partial charge in [-0.1, -0.05) is 0 Å². The summed E-state index contributed by atoms with van der Waals surface area (Å²) in [6, 6.07) is 0. The second kappa shape index (κ2) is 7.31. The van der Waals surface area contributed by atoms with E-state index in [1.54, 1.807) is 0 Å². The fraction of sp³-hybridized carbons (Fsp3) is 1.00. The molecule has 2 N–H and O–H groups in total. The molecule has 0 spiro atoms. The zero-order valence-corrected chi connectivity index (χ0v) is 10.9. The maximum Gasteiger partial charge on any atom is 0.0468 e. The van der Waals surface area contributed by atoms with Crippen LogP contribution >= 0.6 is 0 Å². The third kappa shape index (κ3) is 4.54. The standard InChI is InChI=1S/C13H27N3O/c14-4-6-16-9-7-15(8-10-16)5-1-13-2-11-17-12-3-13/h13H,1-12,14H2. The second-order valence-electron chi connectivity index (χ2n) is 5.32. The first-order valence-corrected chi connectivity index (χ1v) is 7.11. The van der Waals surface area contributed by atoms with E-state index in [0.717, 1.165) is 32.2 Å². The molecule has 100 valence electrons. The van der Waals surface area contributed by atoms with E-state index < -0.39 is 0 Å². The molecule has 0 bridgehead atoms. The molecule has 0 aromatic carbocycles. The average Bonchev–Trinajstić information content (AvgIpc) is 2.40. The number of ether oxygens (including phenoxy) is 1. The van der Waals surface area contributed by atoms with Gasteiger partial charge >= 0.3 is 0 Å². The molecule has 0 radical (unpaired) electrons. The van der Waals surface area contributed by atoms with E-state index in [0.29, 0.717) is 0 Å². The minimum atomic E-state index is 0.794. The Hall–Kier alpha value is -0.160. The van der Waals surface area contributed by atoms with Crippen LogP contribution in [0, 0.1) is 5.92 Å². The monoisotopic (exact) mass is 241 g/mol. The van der Waals surface area contributed by atoms with Crippen LogP contribution in [0.25, 0.3) is 0 Å². The van der Waals surface area contributed by atoms with Crippen LogP contribution in [0.15, 0.2) is 0 Å². The Morgan fingerprint density at radius 2 is 1.53 bits per heavy atom. The van der Waals surface area contributed by atoms with E-state index >= 15 is 0 Å². The lowest BCUT2D eigenvalue weighted by Gasteiger charge is -2.35. The second-order valence-corrected chi connectivity index (χ2v) is 5.32. The Morgan fingerprint density at radius 3 is 2.12 bits per heavy atom. The summed E-state index contributed by atoms with van der Waals surface area (Å²) in [5, 5.41) is 0. The number of rotatable bonds is 5. The Morgan fingerprint density at radius 1 is 0.941 bits per heavy atom. The van der Waals surface area contributed by atoms with Crippen LogP contribution in [-0.2, 0) is 4.74 Å². The Labute approximate surface area is 105 Å². The molecule has 0 aliphatic carbocycles. The van der Waals surface area contributed by atoms with Crippen LogP contribution in [0.5, 0.6) is 0 Å². The number of nitrogens with zero attached hydrogens (tertiary/aromatic N) is 2. The first-order chi connectivity index (χ1) is 8.38. The Bertz CT molecular complexity index is 199. The van der Waals surface area contributed by atoms with E-state index in [1.807, 2.05) is 0 Å². The smallest absolute Gasteiger partial charge is 0.0468 e. The van der Waals surface area contributed by atoms with E-state index in [1.165, 1.54) is 52.0 Å². The van der Waals surface area contributed by atoms with Gasteiger partial charge in [0.15, 0.2) is 0 Å². The van der Waals surface area contributed by atoms with E-state index in [9.17, 15) is 0 Å². The van der Waals surface area contributed by atoms with Gasteiger partial charge in [-0.05, 0) is 31.7 Å². The molecular weight excluding hydrogens is 214 g/mol. The normalized spacial score (nSPS) is 25.2. The highest BCUT2D eigenvalue weighted by Crippen LogP contribution is 2.19. The molecule has 0 atom stereocenters. The molecule has 0 aromatic heterocycles. The van der Waals surface area contributed by atoms with Crippen molar-refractivity contribution in [2.75, 3.05) is 59.0 Å². The average molecular weight is 241 g/mol. The third-order valence-corrected chi connectivity index (χ3v) is 4.10. The first kappa shape index (κ1) is 13.3. The van der Waals surface area contributed by atoms with Crippen molar-refractivity contribution >= 4 is 0 Å². The fourth-order valence-electron chi connectivity index (χ4n) is 2.82. The van der Waals surface area contributed by atoms with Crippen molar-refractivity contribution in [1.82, 2.24) is 9.80 Å². The van der Waals surface area contributed by atoms with Crippen molar-refractivity contribution in [1.29, 1.82) is 0 Å². The number of hydrogen-bond acceptors (Lipinski definition) is 4. The van der Waals surface area contributed by atoms with Gasteiger partial charge in [-0.25, -0.2) is 0 Å². The van der Waals surface area contributed by atoms with Gasteiger partial charge < -0.3 is 15.4 Å². The molecular formula is C13H27N3O. The van der Waals surface area contributed by atoms with Crippen LogP contribution in [-0.4, -0.2) is 68.8 Å². The van der Waals surface area contributed by atoms with Gasteiger partial charge in [0.2, 0.25) is 0 Å². The number of nitrogens with two attached hydrogens (primary N) is 1. The van der Waals surface area contributed by atoms with Crippen LogP contribution < -0.4 is 5.73 Å². The van der Waals surface area contributed by atoms with Gasteiger partial charge in [0.1, 0.15) is 0 Å². The molecule has 2 aliphatic rings. The van der Waals surface area contributed by atoms with Crippen molar-refractivity contribution in [2.24, 2.45) is 11.7 Å². The topological polar surface area (TPSA) is 41.7 Å². The summed E-state index contributed by atoms with van der Waals surface area (Å²) < 4.78 is 5.40. The van der Waals surface area contributed by atoms with Crippen molar-refractivity contribution < 1.29 is 4.74 Å². The Kier molecular flexibility index (Phi) is 5.71. The summed E-state index contributed by atoms with van der Waals surface area (Å²) >= 11 is 0. The van der Waals surface area contributed by atoms with Crippen molar-refractivity contribution in [3.8, 4) is 0 Å². The largest absolute Gasteiger partial charge is 0.381 e. The molecule has 2 fully saturated rings.